The standard InChI is InChI=1S/C15H18ClNO3/c1-9-3-5-11(7-13(9)16)14(18)17-8-12(15(19)20)6-4-10(17)2/h3,5,7,10,12H,4,6,8H2,1-2H3,(H,19,20). The fraction of sp³-hybridized carbons (Fsp3) is 0.467. The Morgan fingerprint density at radius 3 is 2.65 bits per heavy atom. The van der Waals surface area contributed by atoms with Crippen molar-refractivity contribution in [2.24, 2.45) is 5.92 Å². The van der Waals surface area contributed by atoms with Gasteiger partial charge in [0.2, 0.25) is 0 Å². The Bertz CT molecular complexity index is 544. The maximum atomic E-state index is 12.5. The largest absolute Gasteiger partial charge is 0.481 e. The number of carboxylic acid groups (broad SMARTS) is 1. The molecule has 0 bridgehead atoms. The summed E-state index contributed by atoms with van der Waals surface area (Å²) in [5, 5.41) is 9.67. The quantitative estimate of drug-likeness (QED) is 0.912. The molecule has 2 unspecified atom stereocenters. The van der Waals surface area contributed by atoms with Crippen molar-refractivity contribution >= 4 is 23.5 Å². The summed E-state index contributed by atoms with van der Waals surface area (Å²) in [5.41, 5.74) is 1.43. The molecule has 0 aromatic heterocycles. The number of aliphatic carboxylic acids is 1. The van der Waals surface area contributed by atoms with Crippen molar-refractivity contribution in [2.45, 2.75) is 32.7 Å². The van der Waals surface area contributed by atoms with Crippen LogP contribution in [-0.4, -0.2) is 34.5 Å². The predicted molar refractivity (Wildman–Crippen MR) is 77.0 cm³/mol. The third-order valence-corrected chi connectivity index (χ3v) is 4.32. The lowest BCUT2D eigenvalue weighted by atomic mass is 9.93. The highest BCUT2D eigenvalue weighted by atomic mass is 35.5. The zero-order valence-electron chi connectivity index (χ0n) is 11.6. The Morgan fingerprint density at radius 2 is 2.05 bits per heavy atom. The van der Waals surface area contributed by atoms with E-state index in [0.717, 1.165) is 5.56 Å². The number of aryl methyl sites for hydroxylation is 1. The fourth-order valence-corrected chi connectivity index (χ4v) is 2.66. The van der Waals surface area contributed by atoms with Gasteiger partial charge in [-0.3, -0.25) is 9.59 Å². The molecule has 0 spiro atoms. The van der Waals surface area contributed by atoms with Crippen LogP contribution in [0, 0.1) is 12.8 Å². The molecule has 5 heteroatoms. The van der Waals surface area contributed by atoms with Gasteiger partial charge in [-0.2, -0.15) is 0 Å². The van der Waals surface area contributed by atoms with E-state index in [-0.39, 0.29) is 18.5 Å². The summed E-state index contributed by atoms with van der Waals surface area (Å²) in [6.07, 6.45) is 1.33. The van der Waals surface area contributed by atoms with Gasteiger partial charge in [-0.25, -0.2) is 0 Å². The third-order valence-electron chi connectivity index (χ3n) is 3.91. The van der Waals surface area contributed by atoms with Gasteiger partial charge >= 0.3 is 5.97 Å². The lowest BCUT2D eigenvalue weighted by Crippen LogP contribution is -2.47. The first-order chi connectivity index (χ1) is 9.40. The smallest absolute Gasteiger partial charge is 0.308 e. The summed E-state index contributed by atoms with van der Waals surface area (Å²) < 4.78 is 0. The second-order valence-corrected chi connectivity index (χ2v) is 5.79. The second-order valence-electron chi connectivity index (χ2n) is 5.38. The summed E-state index contributed by atoms with van der Waals surface area (Å²) in [4.78, 5) is 25.3. The number of carboxylic acids is 1. The molecule has 1 N–H and O–H groups in total. The number of amides is 1. The number of halogens is 1. The van der Waals surface area contributed by atoms with E-state index in [0.29, 0.717) is 23.4 Å². The van der Waals surface area contributed by atoms with E-state index >= 15 is 0 Å². The number of hydrogen-bond donors (Lipinski definition) is 1. The Balaban J connectivity index is 2.21. The molecule has 0 radical (unpaired) electrons. The molecule has 1 saturated heterocycles. The number of carbonyl (C=O) groups is 2. The van der Waals surface area contributed by atoms with E-state index in [1.54, 1.807) is 23.1 Å². The van der Waals surface area contributed by atoms with Crippen LogP contribution in [0.5, 0.6) is 0 Å². The average molecular weight is 296 g/mol. The topological polar surface area (TPSA) is 57.6 Å². The van der Waals surface area contributed by atoms with E-state index in [1.807, 2.05) is 13.8 Å². The van der Waals surface area contributed by atoms with Crippen LogP contribution in [0.1, 0.15) is 35.7 Å². The highest BCUT2D eigenvalue weighted by molar-refractivity contribution is 6.31. The normalized spacial score (nSPS) is 22.6. The zero-order chi connectivity index (χ0) is 14.9. The van der Waals surface area contributed by atoms with Crippen LogP contribution in [-0.2, 0) is 4.79 Å². The molecule has 1 aromatic rings. The SMILES string of the molecule is Cc1ccc(C(=O)N2CC(C(=O)O)CCC2C)cc1Cl. The molecule has 1 amide bonds. The van der Waals surface area contributed by atoms with Crippen molar-refractivity contribution in [1.82, 2.24) is 4.90 Å². The fourth-order valence-electron chi connectivity index (χ4n) is 2.48. The molecule has 1 aliphatic rings. The molecule has 2 atom stereocenters. The second kappa shape index (κ2) is 5.83. The summed E-state index contributed by atoms with van der Waals surface area (Å²) in [5.74, 6) is -1.46. The number of benzene rings is 1. The monoisotopic (exact) mass is 295 g/mol. The number of hydrogen-bond acceptors (Lipinski definition) is 2. The van der Waals surface area contributed by atoms with Crippen LogP contribution in [0.4, 0.5) is 0 Å². The summed E-state index contributed by atoms with van der Waals surface area (Å²) >= 11 is 6.05. The molecule has 1 heterocycles. The molecule has 0 aliphatic carbocycles. The molecule has 108 valence electrons. The Labute approximate surface area is 123 Å². The van der Waals surface area contributed by atoms with E-state index in [2.05, 4.69) is 0 Å². The molecule has 0 saturated carbocycles. The molecule has 20 heavy (non-hydrogen) atoms. The first-order valence-corrected chi connectivity index (χ1v) is 7.08. The highest BCUT2D eigenvalue weighted by Crippen LogP contribution is 2.25. The minimum absolute atomic E-state index is 0.0539. The van der Waals surface area contributed by atoms with Crippen LogP contribution in [0.2, 0.25) is 5.02 Å². The minimum atomic E-state index is -0.836. The van der Waals surface area contributed by atoms with E-state index in [1.165, 1.54) is 0 Å². The molecule has 4 nitrogen and oxygen atoms in total. The summed E-state index contributed by atoms with van der Waals surface area (Å²) in [7, 11) is 0. The van der Waals surface area contributed by atoms with Crippen molar-refractivity contribution in [1.29, 1.82) is 0 Å². The Morgan fingerprint density at radius 1 is 1.35 bits per heavy atom. The molecule has 1 aliphatic heterocycles. The summed E-state index contributed by atoms with van der Waals surface area (Å²) in [6.45, 7) is 4.09. The van der Waals surface area contributed by atoms with E-state index in [4.69, 9.17) is 16.7 Å². The van der Waals surface area contributed by atoms with Gasteiger partial charge in [-0.1, -0.05) is 17.7 Å². The van der Waals surface area contributed by atoms with Crippen molar-refractivity contribution in [3.05, 3.63) is 34.3 Å². The lowest BCUT2D eigenvalue weighted by molar-refractivity contribution is -0.143. The summed E-state index contributed by atoms with van der Waals surface area (Å²) in [6, 6.07) is 5.24. The van der Waals surface area contributed by atoms with Gasteiger partial charge in [0.05, 0.1) is 5.92 Å². The number of carbonyl (C=O) groups excluding carboxylic acids is 1. The first-order valence-electron chi connectivity index (χ1n) is 6.70. The predicted octanol–water partition coefficient (Wildman–Crippen LogP) is 2.97. The van der Waals surface area contributed by atoms with Crippen molar-refractivity contribution in [3.63, 3.8) is 0 Å². The van der Waals surface area contributed by atoms with Crippen molar-refractivity contribution < 1.29 is 14.7 Å². The van der Waals surface area contributed by atoms with Gasteiger partial charge in [-0.05, 0) is 44.4 Å². The lowest BCUT2D eigenvalue weighted by Gasteiger charge is -2.36. The van der Waals surface area contributed by atoms with Gasteiger partial charge in [0, 0.05) is 23.2 Å². The van der Waals surface area contributed by atoms with Crippen LogP contribution >= 0.6 is 11.6 Å². The number of piperidine rings is 1. The van der Waals surface area contributed by atoms with Crippen LogP contribution < -0.4 is 0 Å². The molecule has 1 aromatic carbocycles. The molecule has 2 rings (SSSR count). The highest BCUT2D eigenvalue weighted by Gasteiger charge is 2.32. The number of nitrogens with zero attached hydrogens (tertiary/aromatic N) is 1. The van der Waals surface area contributed by atoms with Gasteiger partial charge < -0.3 is 10.0 Å². The average Bonchev–Trinajstić information content (AvgIpc) is 2.41. The minimum Gasteiger partial charge on any atom is -0.481 e. The zero-order valence-corrected chi connectivity index (χ0v) is 12.4. The number of rotatable bonds is 2. The van der Waals surface area contributed by atoms with Crippen LogP contribution in [0.15, 0.2) is 18.2 Å². The molecular formula is C15H18ClNO3. The van der Waals surface area contributed by atoms with Gasteiger partial charge in [0.25, 0.3) is 5.91 Å². The van der Waals surface area contributed by atoms with Gasteiger partial charge in [-0.15, -0.1) is 0 Å². The van der Waals surface area contributed by atoms with Crippen molar-refractivity contribution in [2.75, 3.05) is 6.54 Å². The first kappa shape index (κ1) is 14.9. The number of likely N-dealkylation sites (tertiary alicyclic amines) is 1. The third kappa shape index (κ3) is 2.96. The van der Waals surface area contributed by atoms with E-state index in [9.17, 15) is 9.59 Å². The van der Waals surface area contributed by atoms with Gasteiger partial charge in [0.1, 0.15) is 0 Å². The Hall–Kier alpha value is -1.55. The van der Waals surface area contributed by atoms with Crippen LogP contribution in [0.25, 0.3) is 0 Å². The Kier molecular flexibility index (Phi) is 4.33. The van der Waals surface area contributed by atoms with Crippen molar-refractivity contribution in [3.8, 4) is 0 Å². The van der Waals surface area contributed by atoms with Gasteiger partial charge in [0.15, 0.2) is 0 Å². The van der Waals surface area contributed by atoms with E-state index < -0.39 is 11.9 Å². The maximum Gasteiger partial charge on any atom is 0.308 e. The molecular weight excluding hydrogens is 278 g/mol. The maximum absolute atomic E-state index is 12.5. The van der Waals surface area contributed by atoms with Crippen LogP contribution in [0.3, 0.4) is 0 Å². The molecule has 1 fully saturated rings.